The number of fused-ring (bicyclic) bond motifs is 1. The van der Waals surface area contributed by atoms with Crippen LogP contribution in [0, 0.1) is 0 Å². The molecule has 0 bridgehead atoms. The Kier molecular flexibility index (Phi) is 5.76. The normalized spacial score (nSPS) is 23.9. The molecular weight excluding hydrogens is 358 g/mol. The van der Waals surface area contributed by atoms with Crippen molar-refractivity contribution in [2.75, 3.05) is 7.05 Å². The molecule has 8 nitrogen and oxygen atoms in total. The van der Waals surface area contributed by atoms with Crippen molar-refractivity contribution in [2.24, 2.45) is 0 Å². The zero-order valence-corrected chi connectivity index (χ0v) is 17.2. The fourth-order valence-electron chi connectivity index (χ4n) is 3.83. The maximum Gasteiger partial charge on any atom is 0.272 e. The van der Waals surface area contributed by atoms with Crippen LogP contribution in [-0.2, 0) is 11.3 Å². The van der Waals surface area contributed by atoms with Gasteiger partial charge in [0.1, 0.15) is 11.2 Å². The van der Waals surface area contributed by atoms with E-state index in [4.69, 9.17) is 0 Å². The minimum Gasteiger partial charge on any atom is -0.351 e. The Bertz CT molecular complexity index is 768. The highest BCUT2D eigenvalue weighted by Crippen LogP contribution is 2.27. The molecule has 2 N–H and O–H groups in total. The number of carbonyl (C=O) groups is 3. The number of nitrogens with zero attached hydrogens (tertiary/aromatic N) is 3. The van der Waals surface area contributed by atoms with Gasteiger partial charge in [0.15, 0.2) is 5.69 Å². The van der Waals surface area contributed by atoms with Gasteiger partial charge in [0.05, 0.1) is 6.54 Å². The van der Waals surface area contributed by atoms with E-state index in [2.05, 4.69) is 15.7 Å². The molecule has 1 aliphatic heterocycles. The number of amides is 3. The molecule has 28 heavy (non-hydrogen) atoms. The predicted molar refractivity (Wildman–Crippen MR) is 105 cm³/mol. The molecule has 154 valence electrons. The van der Waals surface area contributed by atoms with E-state index in [1.807, 2.05) is 13.8 Å². The van der Waals surface area contributed by atoms with Crippen LogP contribution in [0.25, 0.3) is 0 Å². The summed E-state index contributed by atoms with van der Waals surface area (Å²) in [7, 11) is 1.64. The van der Waals surface area contributed by atoms with E-state index >= 15 is 0 Å². The van der Waals surface area contributed by atoms with Gasteiger partial charge >= 0.3 is 0 Å². The fourth-order valence-corrected chi connectivity index (χ4v) is 3.83. The van der Waals surface area contributed by atoms with Crippen LogP contribution in [0.1, 0.15) is 80.3 Å². The second kappa shape index (κ2) is 7.93. The van der Waals surface area contributed by atoms with E-state index in [-0.39, 0.29) is 42.0 Å². The van der Waals surface area contributed by atoms with Gasteiger partial charge in [-0.1, -0.05) is 26.2 Å². The van der Waals surface area contributed by atoms with Gasteiger partial charge in [-0.15, -0.1) is 0 Å². The predicted octanol–water partition coefficient (Wildman–Crippen LogP) is 1.70. The van der Waals surface area contributed by atoms with Crippen LogP contribution in [0.2, 0.25) is 0 Å². The van der Waals surface area contributed by atoms with Gasteiger partial charge in [0.25, 0.3) is 11.8 Å². The van der Waals surface area contributed by atoms with Crippen LogP contribution >= 0.6 is 0 Å². The molecule has 1 aliphatic carbocycles. The molecule has 3 rings (SSSR count). The maximum atomic E-state index is 13.1. The average molecular weight is 390 g/mol. The Morgan fingerprint density at radius 1 is 1.32 bits per heavy atom. The summed E-state index contributed by atoms with van der Waals surface area (Å²) in [5.74, 6) is -0.773. The highest BCUT2D eigenvalue weighted by Gasteiger charge is 2.46. The van der Waals surface area contributed by atoms with Crippen molar-refractivity contribution in [2.45, 2.75) is 83.5 Å². The number of nitrogens with one attached hydrogen (secondary N) is 2. The maximum absolute atomic E-state index is 13.1. The number of aromatic nitrogens is 2. The third kappa shape index (κ3) is 3.77. The van der Waals surface area contributed by atoms with Crippen LogP contribution in [0.15, 0.2) is 6.07 Å². The zero-order chi connectivity index (χ0) is 20.5. The molecule has 1 aromatic heterocycles. The van der Waals surface area contributed by atoms with E-state index in [0.717, 1.165) is 32.1 Å². The van der Waals surface area contributed by atoms with Crippen molar-refractivity contribution in [1.29, 1.82) is 0 Å². The Labute approximate surface area is 166 Å². The molecular formula is C20H31N5O3. The van der Waals surface area contributed by atoms with Gasteiger partial charge in [-0.3, -0.25) is 19.1 Å². The SMILES string of the molecule is CC[C@@H](C)NC(=O)c1cc2n(n1)C[C@@](C)(C(=O)NC1CCCCC1)N(C)C2=O. The van der Waals surface area contributed by atoms with Crippen LogP contribution < -0.4 is 10.6 Å². The van der Waals surface area contributed by atoms with Gasteiger partial charge in [-0.25, -0.2) is 0 Å². The molecule has 1 aromatic rings. The molecule has 2 heterocycles. The first kappa shape index (κ1) is 20.4. The lowest BCUT2D eigenvalue weighted by atomic mass is 9.92. The van der Waals surface area contributed by atoms with Crippen LogP contribution in [-0.4, -0.2) is 57.1 Å². The van der Waals surface area contributed by atoms with Gasteiger partial charge in [-0.2, -0.15) is 5.10 Å². The molecule has 2 atom stereocenters. The highest BCUT2D eigenvalue weighted by molar-refractivity contribution is 6.01. The Morgan fingerprint density at radius 2 is 2.00 bits per heavy atom. The quantitative estimate of drug-likeness (QED) is 0.801. The van der Waals surface area contributed by atoms with E-state index < -0.39 is 5.54 Å². The van der Waals surface area contributed by atoms with Crippen LogP contribution in [0.5, 0.6) is 0 Å². The van der Waals surface area contributed by atoms with E-state index in [1.54, 1.807) is 14.0 Å². The van der Waals surface area contributed by atoms with Gasteiger partial charge < -0.3 is 15.5 Å². The van der Waals surface area contributed by atoms with Gasteiger partial charge in [0, 0.05) is 25.2 Å². The number of rotatable bonds is 5. The first-order chi connectivity index (χ1) is 13.3. The summed E-state index contributed by atoms with van der Waals surface area (Å²) < 4.78 is 1.49. The minimum atomic E-state index is -1.04. The number of hydrogen-bond acceptors (Lipinski definition) is 4. The standard InChI is InChI=1S/C20H31N5O3/c1-5-13(2)21-17(26)15-11-16-18(27)24(4)20(3,12-25(16)23-15)19(28)22-14-9-7-6-8-10-14/h11,13-14H,5-10,12H2,1-4H3,(H,21,26)(H,22,28)/t13-,20+/m1/s1. The third-order valence-corrected chi connectivity index (χ3v) is 6.15. The molecule has 0 spiro atoms. The first-order valence-electron chi connectivity index (χ1n) is 10.2. The van der Waals surface area contributed by atoms with Gasteiger partial charge in [0.2, 0.25) is 5.91 Å². The van der Waals surface area contributed by atoms with Crippen molar-refractivity contribution >= 4 is 17.7 Å². The summed E-state index contributed by atoms with van der Waals surface area (Å²) in [4.78, 5) is 39.8. The third-order valence-electron chi connectivity index (χ3n) is 6.15. The smallest absolute Gasteiger partial charge is 0.272 e. The lowest BCUT2D eigenvalue weighted by Gasteiger charge is -2.41. The second-order valence-electron chi connectivity index (χ2n) is 8.30. The monoisotopic (exact) mass is 389 g/mol. The molecule has 3 amide bonds. The lowest BCUT2D eigenvalue weighted by Crippen LogP contribution is -2.63. The Balaban J connectivity index is 1.80. The molecule has 0 unspecified atom stereocenters. The molecule has 8 heteroatoms. The minimum absolute atomic E-state index is 0.0242. The number of carbonyl (C=O) groups excluding carboxylic acids is 3. The van der Waals surface area contributed by atoms with Crippen molar-refractivity contribution in [3.63, 3.8) is 0 Å². The van der Waals surface area contributed by atoms with Crippen molar-refractivity contribution < 1.29 is 14.4 Å². The number of hydrogen-bond donors (Lipinski definition) is 2. The summed E-state index contributed by atoms with van der Waals surface area (Å²) in [5.41, 5.74) is -0.508. The second-order valence-corrected chi connectivity index (χ2v) is 8.30. The largest absolute Gasteiger partial charge is 0.351 e. The summed E-state index contributed by atoms with van der Waals surface area (Å²) >= 11 is 0. The van der Waals surface area contributed by atoms with Crippen LogP contribution in [0.4, 0.5) is 0 Å². The van der Waals surface area contributed by atoms with Crippen molar-refractivity contribution in [3.05, 3.63) is 17.5 Å². The molecule has 1 saturated carbocycles. The molecule has 0 aromatic carbocycles. The van der Waals surface area contributed by atoms with Crippen molar-refractivity contribution in [3.8, 4) is 0 Å². The molecule has 1 fully saturated rings. The summed E-state index contributed by atoms with van der Waals surface area (Å²) in [6, 6.07) is 1.70. The van der Waals surface area contributed by atoms with E-state index in [9.17, 15) is 14.4 Å². The van der Waals surface area contributed by atoms with E-state index in [0.29, 0.717) is 5.69 Å². The molecule has 0 saturated heterocycles. The summed E-state index contributed by atoms with van der Waals surface area (Å²) in [6.07, 6.45) is 6.21. The average Bonchev–Trinajstić information content (AvgIpc) is 3.10. The topological polar surface area (TPSA) is 96.3 Å². The molecule has 0 radical (unpaired) electrons. The van der Waals surface area contributed by atoms with E-state index in [1.165, 1.54) is 22.1 Å². The Morgan fingerprint density at radius 3 is 2.64 bits per heavy atom. The Hall–Kier alpha value is -2.38. The number of likely N-dealkylation sites (N-methyl/N-ethyl adjacent to an activating group) is 1. The first-order valence-corrected chi connectivity index (χ1v) is 10.2. The van der Waals surface area contributed by atoms with Crippen molar-refractivity contribution in [1.82, 2.24) is 25.3 Å². The fraction of sp³-hybridized carbons (Fsp3) is 0.700. The van der Waals surface area contributed by atoms with Gasteiger partial charge in [-0.05, 0) is 33.1 Å². The van der Waals surface area contributed by atoms with Crippen LogP contribution in [0.3, 0.4) is 0 Å². The summed E-state index contributed by atoms with van der Waals surface area (Å²) in [6.45, 7) is 5.88. The highest BCUT2D eigenvalue weighted by atomic mass is 16.2. The zero-order valence-electron chi connectivity index (χ0n) is 17.2. The summed E-state index contributed by atoms with van der Waals surface area (Å²) in [5, 5.41) is 10.3. The molecule has 2 aliphatic rings. The lowest BCUT2D eigenvalue weighted by molar-refractivity contribution is -0.133.